The highest BCUT2D eigenvalue weighted by Crippen LogP contribution is 2.36. The van der Waals surface area contributed by atoms with Gasteiger partial charge in [0.2, 0.25) is 0 Å². The summed E-state index contributed by atoms with van der Waals surface area (Å²) in [6.07, 6.45) is 0. The van der Waals surface area contributed by atoms with Crippen LogP contribution in [0.3, 0.4) is 0 Å². The van der Waals surface area contributed by atoms with Gasteiger partial charge in [0.05, 0.1) is 0 Å². The van der Waals surface area contributed by atoms with Crippen LogP contribution in [0, 0.1) is 0 Å². The number of fused-ring (bicyclic) bond motifs is 2. The molecule has 0 spiro atoms. The van der Waals surface area contributed by atoms with Gasteiger partial charge in [-0.15, -0.1) is 0 Å². The summed E-state index contributed by atoms with van der Waals surface area (Å²) in [5.74, 6) is 0. The SMILES string of the molecule is Brc1ccc(-c2ccc(-c3ccc(Br)c4ccccc34)cc2)c2ccccc12. The van der Waals surface area contributed by atoms with Crippen molar-refractivity contribution >= 4 is 53.4 Å². The van der Waals surface area contributed by atoms with E-state index in [4.69, 9.17) is 0 Å². The largest absolute Gasteiger partial charge is 0.0616 e. The summed E-state index contributed by atoms with van der Waals surface area (Å²) in [4.78, 5) is 0. The Balaban J connectivity index is 1.64. The van der Waals surface area contributed by atoms with Gasteiger partial charge in [0.25, 0.3) is 0 Å². The van der Waals surface area contributed by atoms with Crippen molar-refractivity contribution in [2.75, 3.05) is 0 Å². The lowest BCUT2D eigenvalue weighted by Crippen LogP contribution is -1.85. The zero-order chi connectivity index (χ0) is 19.1. The van der Waals surface area contributed by atoms with Crippen LogP contribution < -0.4 is 0 Å². The predicted octanol–water partition coefficient (Wildman–Crippen LogP) is 8.85. The van der Waals surface area contributed by atoms with Crippen LogP contribution in [0.4, 0.5) is 0 Å². The molecule has 134 valence electrons. The molecule has 0 nitrogen and oxygen atoms in total. The number of hydrogen-bond donors (Lipinski definition) is 0. The molecule has 5 rings (SSSR count). The fourth-order valence-electron chi connectivity index (χ4n) is 3.86. The van der Waals surface area contributed by atoms with E-state index in [0.717, 1.165) is 8.95 Å². The molecule has 0 amide bonds. The minimum Gasteiger partial charge on any atom is -0.0616 e. The van der Waals surface area contributed by atoms with Crippen molar-refractivity contribution < 1.29 is 0 Å². The van der Waals surface area contributed by atoms with Crippen molar-refractivity contribution in [3.63, 3.8) is 0 Å². The van der Waals surface area contributed by atoms with E-state index < -0.39 is 0 Å². The maximum Gasteiger partial charge on any atom is 0.0254 e. The highest BCUT2D eigenvalue weighted by molar-refractivity contribution is 9.11. The Kier molecular flexibility index (Phi) is 4.54. The lowest BCUT2D eigenvalue weighted by Gasteiger charge is -2.11. The van der Waals surface area contributed by atoms with Gasteiger partial charge in [-0.2, -0.15) is 0 Å². The summed E-state index contributed by atoms with van der Waals surface area (Å²) >= 11 is 7.34. The van der Waals surface area contributed by atoms with Crippen molar-refractivity contribution in [1.29, 1.82) is 0 Å². The third-order valence-electron chi connectivity index (χ3n) is 5.25. The average molecular weight is 488 g/mol. The summed E-state index contributed by atoms with van der Waals surface area (Å²) in [7, 11) is 0. The summed E-state index contributed by atoms with van der Waals surface area (Å²) in [6.45, 7) is 0. The molecule has 0 aliphatic rings. The quantitative estimate of drug-likeness (QED) is 0.233. The standard InChI is InChI=1S/C26H16Br2/c27-25-15-13-19(21-5-1-3-7-23(21)25)17-9-11-18(12-10-17)20-14-16-26(28)24-8-4-2-6-22(20)24/h1-16H. The van der Waals surface area contributed by atoms with Crippen LogP contribution in [-0.4, -0.2) is 0 Å². The Bertz CT molecular complexity index is 1210. The van der Waals surface area contributed by atoms with E-state index in [-0.39, 0.29) is 0 Å². The van der Waals surface area contributed by atoms with Crippen LogP contribution in [0.25, 0.3) is 43.8 Å². The normalized spacial score (nSPS) is 11.2. The van der Waals surface area contributed by atoms with Crippen LogP contribution in [0.15, 0.2) is 106 Å². The molecule has 0 aromatic heterocycles. The first-order valence-electron chi connectivity index (χ1n) is 9.18. The highest BCUT2D eigenvalue weighted by Gasteiger charge is 2.09. The minimum atomic E-state index is 1.13. The van der Waals surface area contributed by atoms with Gasteiger partial charge in [-0.25, -0.2) is 0 Å². The monoisotopic (exact) mass is 486 g/mol. The van der Waals surface area contributed by atoms with Gasteiger partial charge in [-0.3, -0.25) is 0 Å². The molecule has 0 radical (unpaired) electrons. The molecule has 5 aromatic rings. The Morgan fingerprint density at radius 1 is 0.357 bits per heavy atom. The Labute approximate surface area is 181 Å². The van der Waals surface area contributed by atoms with Gasteiger partial charge < -0.3 is 0 Å². The molecular weight excluding hydrogens is 472 g/mol. The second-order valence-corrected chi connectivity index (χ2v) is 8.57. The fourth-order valence-corrected chi connectivity index (χ4v) is 4.81. The van der Waals surface area contributed by atoms with Gasteiger partial charge in [-0.05, 0) is 55.9 Å². The summed E-state index contributed by atoms with van der Waals surface area (Å²) in [6, 6.07) is 34.6. The van der Waals surface area contributed by atoms with Crippen LogP contribution in [0.1, 0.15) is 0 Å². The van der Waals surface area contributed by atoms with E-state index in [1.165, 1.54) is 43.8 Å². The van der Waals surface area contributed by atoms with Crippen molar-refractivity contribution in [2.45, 2.75) is 0 Å². The van der Waals surface area contributed by atoms with Crippen LogP contribution in [0.2, 0.25) is 0 Å². The molecule has 0 atom stereocenters. The first-order chi connectivity index (χ1) is 13.7. The Morgan fingerprint density at radius 2 is 0.714 bits per heavy atom. The molecule has 0 unspecified atom stereocenters. The molecule has 0 aliphatic carbocycles. The molecular formula is C26H16Br2. The van der Waals surface area contributed by atoms with Gasteiger partial charge in [0.15, 0.2) is 0 Å². The number of benzene rings is 5. The number of rotatable bonds is 2. The lowest BCUT2D eigenvalue weighted by atomic mass is 9.94. The lowest BCUT2D eigenvalue weighted by molar-refractivity contribution is 1.61. The summed E-state index contributed by atoms with van der Waals surface area (Å²) in [5.41, 5.74) is 4.97. The van der Waals surface area contributed by atoms with E-state index in [1.807, 2.05) is 0 Å². The molecule has 0 N–H and O–H groups in total. The zero-order valence-electron chi connectivity index (χ0n) is 15.0. The van der Waals surface area contributed by atoms with E-state index in [2.05, 4.69) is 129 Å². The van der Waals surface area contributed by atoms with E-state index in [1.54, 1.807) is 0 Å². The maximum absolute atomic E-state index is 3.67. The highest BCUT2D eigenvalue weighted by atomic mass is 79.9. The summed E-state index contributed by atoms with van der Waals surface area (Å²) in [5, 5.41) is 5.00. The molecule has 2 heteroatoms. The molecule has 0 saturated heterocycles. The van der Waals surface area contributed by atoms with E-state index >= 15 is 0 Å². The van der Waals surface area contributed by atoms with Gasteiger partial charge in [-0.1, -0.05) is 117 Å². The minimum absolute atomic E-state index is 1.13. The topological polar surface area (TPSA) is 0 Å². The summed E-state index contributed by atoms with van der Waals surface area (Å²) < 4.78 is 2.26. The molecule has 0 aliphatic heterocycles. The molecule has 5 aromatic carbocycles. The first-order valence-corrected chi connectivity index (χ1v) is 10.8. The van der Waals surface area contributed by atoms with E-state index in [9.17, 15) is 0 Å². The Morgan fingerprint density at radius 3 is 1.11 bits per heavy atom. The van der Waals surface area contributed by atoms with Crippen molar-refractivity contribution in [3.8, 4) is 22.3 Å². The zero-order valence-corrected chi connectivity index (χ0v) is 18.2. The number of hydrogen-bond acceptors (Lipinski definition) is 0. The molecule has 0 heterocycles. The average Bonchev–Trinajstić information content (AvgIpc) is 2.75. The maximum atomic E-state index is 3.67. The van der Waals surface area contributed by atoms with Crippen molar-refractivity contribution in [2.24, 2.45) is 0 Å². The van der Waals surface area contributed by atoms with Gasteiger partial charge in [0, 0.05) is 8.95 Å². The third-order valence-corrected chi connectivity index (χ3v) is 6.63. The predicted molar refractivity (Wildman–Crippen MR) is 128 cm³/mol. The van der Waals surface area contributed by atoms with E-state index in [0.29, 0.717) is 0 Å². The van der Waals surface area contributed by atoms with Gasteiger partial charge in [0.1, 0.15) is 0 Å². The first kappa shape index (κ1) is 17.7. The Hall–Kier alpha value is -2.42. The molecule has 28 heavy (non-hydrogen) atoms. The molecule has 0 bridgehead atoms. The van der Waals surface area contributed by atoms with Crippen LogP contribution >= 0.6 is 31.9 Å². The van der Waals surface area contributed by atoms with Crippen molar-refractivity contribution in [3.05, 3.63) is 106 Å². The molecule has 0 saturated carbocycles. The second kappa shape index (κ2) is 7.20. The fraction of sp³-hybridized carbons (Fsp3) is 0. The molecule has 0 fully saturated rings. The van der Waals surface area contributed by atoms with Crippen molar-refractivity contribution in [1.82, 2.24) is 0 Å². The van der Waals surface area contributed by atoms with Crippen LogP contribution in [0.5, 0.6) is 0 Å². The number of halogens is 2. The second-order valence-electron chi connectivity index (χ2n) is 6.86. The smallest absolute Gasteiger partial charge is 0.0254 e. The van der Waals surface area contributed by atoms with Crippen LogP contribution in [-0.2, 0) is 0 Å². The van der Waals surface area contributed by atoms with Gasteiger partial charge >= 0.3 is 0 Å². The third kappa shape index (κ3) is 2.97.